The smallest absolute Gasteiger partial charge is 0.144 e. The van der Waals surface area contributed by atoms with Crippen molar-refractivity contribution in [1.29, 1.82) is 0 Å². The number of anilines is 1. The van der Waals surface area contributed by atoms with E-state index >= 15 is 0 Å². The van der Waals surface area contributed by atoms with Crippen molar-refractivity contribution >= 4 is 40.7 Å². The van der Waals surface area contributed by atoms with Crippen LogP contribution in [-0.2, 0) is 32.1 Å². The van der Waals surface area contributed by atoms with Crippen LogP contribution in [0.15, 0.2) is 61.3 Å². The van der Waals surface area contributed by atoms with Crippen LogP contribution in [-0.4, -0.2) is 79.5 Å². The van der Waals surface area contributed by atoms with E-state index in [0.29, 0.717) is 12.5 Å². The third-order valence-electron chi connectivity index (χ3n) is 6.69. The molecule has 1 N–H and O–H groups in total. The lowest BCUT2D eigenvalue weighted by atomic mass is 9.93. The van der Waals surface area contributed by atoms with Gasteiger partial charge in [-0.25, -0.2) is 14.4 Å². The lowest BCUT2D eigenvalue weighted by Crippen LogP contribution is -2.42. The molecule has 0 amide bonds. The van der Waals surface area contributed by atoms with Crippen LogP contribution >= 0.6 is 0 Å². The van der Waals surface area contributed by atoms with Gasteiger partial charge in [-0.3, -0.25) is 9.97 Å². The van der Waals surface area contributed by atoms with Gasteiger partial charge in [0.05, 0.1) is 47.3 Å². The first-order valence-corrected chi connectivity index (χ1v) is 13.6. The summed E-state index contributed by atoms with van der Waals surface area (Å²) in [5.41, 5.74) is 3.06. The van der Waals surface area contributed by atoms with Crippen LogP contribution in [0.3, 0.4) is 0 Å². The minimum absolute atomic E-state index is 0.213. The zero-order chi connectivity index (χ0) is 32.8. The number of carboxylic acid groups (broad SMARTS) is 4. The molecule has 1 aliphatic heterocycles. The van der Waals surface area contributed by atoms with Crippen molar-refractivity contribution < 1.29 is 44.0 Å². The Morgan fingerprint density at radius 1 is 0.844 bits per heavy atom. The quantitative estimate of drug-likeness (QED) is 0.190. The number of nitrogens with zero attached hydrogens (tertiary/aromatic N) is 6. The van der Waals surface area contributed by atoms with Crippen LogP contribution in [0.5, 0.6) is 0 Å². The highest BCUT2D eigenvalue weighted by Gasteiger charge is 2.22. The number of halogens is 1. The Hall–Kier alpha value is -5.51. The van der Waals surface area contributed by atoms with Gasteiger partial charge in [0.2, 0.25) is 0 Å². The molecule has 3 aromatic heterocycles. The van der Waals surface area contributed by atoms with E-state index in [0.717, 1.165) is 73.7 Å². The van der Waals surface area contributed by atoms with E-state index in [4.69, 9.17) is 44.6 Å². The maximum atomic E-state index is 13.4. The number of piperidine rings is 1. The Kier molecular flexibility index (Phi) is 12.8. The molecule has 1 aliphatic rings. The molecule has 0 radical (unpaired) electrons. The highest BCUT2D eigenvalue weighted by atomic mass is 19.1. The number of nitrogens with one attached hydrogen (secondary N) is 1. The van der Waals surface area contributed by atoms with Gasteiger partial charge in [0.25, 0.3) is 0 Å². The molecular formula is C29H28FN7O8-4. The number of aromatic nitrogens is 5. The summed E-state index contributed by atoms with van der Waals surface area (Å²) in [7, 11) is 0. The van der Waals surface area contributed by atoms with Gasteiger partial charge in [-0.15, -0.1) is 0 Å². The summed E-state index contributed by atoms with van der Waals surface area (Å²) in [5.74, 6) is -6.44. The molecule has 1 fully saturated rings. The van der Waals surface area contributed by atoms with Crippen LogP contribution in [0.1, 0.15) is 24.2 Å². The molecule has 45 heavy (non-hydrogen) atoms. The van der Waals surface area contributed by atoms with Crippen molar-refractivity contribution in [1.82, 2.24) is 29.4 Å². The van der Waals surface area contributed by atoms with Crippen molar-refractivity contribution in [2.45, 2.75) is 25.8 Å². The molecule has 0 aliphatic carbocycles. The van der Waals surface area contributed by atoms with E-state index < -0.39 is 23.9 Å². The fraction of sp³-hybridized carbons (Fsp3) is 0.310. The largest absolute Gasteiger partial charge is 0.543 e. The minimum Gasteiger partial charge on any atom is -0.543 e. The summed E-state index contributed by atoms with van der Waals surface area (Å²) in [6.07, 6.45) is 12.1. The summed E-state index contributed by atoms with van der Waals surface area (Å²) >= 11 is 0. The van der Waals surface area contributed by atoms with Gasteiger partial charge in [-0.1, -0.05) is 12.1 Å². The van der Waals surface area contributed by atoms with Gasteiger partial charge < -0.3 is 54.4 Å². The normalized spacial score (nSPS) is 13.1. The van der Waals surface area contributed by atoms with Crippen LogP contribution < -0.4 is 25.7 Å². The number of pyridine rings is 1. The summed E-state index contributed by atoms with van der Waals surface area (Å²) in [4.78, 5) is 55.8. The molecule has 1 saturated heterocycles. The molecule has 0 bridgehead atoms. The first-order chi connectivity index (χ1) is 21.5. The van der Waals surface area contributed by atoms with E-state index in [1.54, 1.807) is 24.8 Å². The molecule has 5 rings (SSSR count). The lowest BCUT2D eigenvalue weighted by molar-refractivity contribution is -0.345. The van der Waals surface area contributed by atoms with E-state index in [-0.39, 0.29) is 5.82 Å². The topological polar surface area (TPSA) is 232 Å². The third-order valence-corrected chi connectivity index (χ3v) is 6.69. The molecular weight excluding hydrogens is 593 g/mol. The average Bonchev–Trinajstić information content (AvgIpc) is 3.36. The van der Waals surface area contributed by atoms with Crippen molar-refractivity contribution in [2.24, 2.45) is 5.92 Å². The van der Waals surface area contributed by atoms with E-state index in [9.17, 15) is 4.39 Å². The average molecular weight is 622 g/mol. The van der Waals surface area contributed by atoms with Gasteiger partial charge in [0.15, 0.2) is 0 Å². The number of carbonyl (C=O) groups excluding carboxylic acids is 4. The number of fused-ring (bicyclic) bond motifs is 1. The zero-order valence-electron chi connectivity index (χ0n) is 23.8. The number of aliphatic carboxylic acids is 4. The second-order valence-electron chi connectivity index (χ2n) is 9.76. The van der Waals surface area contributed by atoms with Crippen LogP contribution in [0.2, 0.25) is 0 Å². The maximum Gasteiger partial charge on any atom is 0.144 e. The van der Waals surface area contributed by atoms with Gasteiger partial charge in [-0.2, -0.15) is 0 Å². The fourth-order valence-electron chi connectivity index (χ4n) is 4.53. The molecule has 238 valence electrons. The first-order valence-electron chi connectivity index (χ1n) is 13.6. The number of imidazole rings is 1. The van der Waals surface area contributed by atoms with Gasteiger partial charge in [0, 0.05) is 44.6 Å². The highest BCUT2D eigenvalue weighted by molar-refractivity contribution is 6.25. The maximum absolute atomic E-state index is 13.4. The summed E-state index contributed by atoms with van der Waals surface area (Å²) < 4.78 is 15.6. The van der Waals surface area contributed by atoms with Gasteiger partial charge >= 0.3 is 0 Å². The van der Waals surface area contributed by atoms with Crippen molar-refractivity contribution in [3.63, 3.8) is 0 Å². The van der Waals surface area contributed by atoms with E-state index in [1.807, 2.05) is 24.4 Å². The van der Waals surface area contributed by atoms with Crippen LogP contribution in [0.25, 0.3) is 11.0 Å². The zero-order valence-corrected chi connectivity index (χ0v) is 23.8. The molecule has 0 atom stereocenters. The molecule has 0 spiro atoms. The monoisotopic (exact) mass is 621 g/mol. The van der Waals surface area contributed by atoms with Gasteiger partial charge in [0.1, 0.15) is 17.5 Å². The first kappa shape index (κ1) is 34.0. The van der Waals surface area contributed by atoms with E-state index in [1.165, 1.54) is 12.1 Å². The Balaban J connectivity index is 0.000000392. The molecule has 1 aromatic carbocycles. The molecule has 15 nitrogen and oxygen atoms in total. The molecule has 16 heteroatoms. The number of hydrogen-bond acceptors (Lipinski definition) is 14. The SMILES string of the molecule is Fc1ccc(Cn2c(CC3CCN(CCNc4cnccn4)CC3)nc3ccncc32)cc1.O=C([O-])C(=O)[O-].O=C([O-])C(=O)[O-]. The number of benzene rings is 1. The second kappa shape index (κ2) is 17.0. The standard InChI is InChI=1S/C25H28FN7.2C2H2O4/c26-21-3-1-20(2-4-21)18-33-23-16-27-8-5-22(23)31-25(33)15-19-6-12-32(13-7-19)14-11-30-24-17-28-9-10-29-24;2*3-1(4)2(5)6/h1-5,8-10,16-17,19H,6-7,11-15,18H2,(H,29,30);2*(H,3,4)(H,5,6)/p-4. The summed E-state index contributed by atoms with van der Waals surface area (Å²) in [6, 6.07) is 8.68. The number of carbonyl (C=O) groups is 4. The Bertz CT molecular complexity index is 1530. The predicted molar refractivity (Wildman–Crippen MR) is 146 cm³/mol. The molecule has 0 saturated carbocycles. The minimum atomic E-state index is -2.19. The van der Waals surface area contributed by atoms with Gasteiger partial charge in [-0.05, 0) is 55.6 Å². The second-order valence-corrected chi connectivity index (χ2v) is 9.76. The van der Waals surface area contributed by atoms with Crippen molar-refractivity contribution in [3.8, 4) is 0 Å². The highest BCUT2D eigenvalue weighted by Crippen LogP contribution is 2.25. The lowest BCUT2D eigenvalue weighted by Gasteiger charge is -2.32. The van der Waals surface area contributed by atoms with Crippen molar-refractivity contribution in [2.75, 3.05) is 31.5 Å². The number of hydrogen-bond donors (Lipinski definition) is 1. The molecule has 4 heterocycles. The predicted octanol–water partition coefficient (Wildman–Crippen LogP) is -3.25. The molecule has 4 aromatic rings. The summed E-state index contributed by atoms with van der Waals surface area (Å²) in [6.45, 7) is 4.71. The number of carboxylic acids is 4. The van der Waals surface area contributed by atoms with Crippen molar-refractivity contribution in [3.05, 3.63) is 78.5 Å². The summed E-state index contributed by atoms with van der Waals surface area (Å²) in [5, 5.41) is 39.0. The number of rotatable bonds is 8. The van der Waals surface area contributed by atoms with Crippen LogP contribution in [0, 0.1) is 11.7 Å². The van der Waals surface area contributed by atoms with Crippen LogP contribution in [0.4, 0.5) is 10.2 Å². The number of likely N-dealkylation sites (tertiary alicyclic amines) is 1. The molecule has 0 unspecified atom stereocenters. The fourth-order valence-corrected chi connectivity index (χ4v) is 4.53. The Morgan fingerprint density at radius 3 is 2.04 bits per heavy atom. The van der Waals surface area contributed by atoms with E-state index in [2.05, 4.69) is 29.7 Å². The Labute approximate surface area is 256 Å². The third kappa shape index (κ3) is 11.3. The Morgan fingerprint density at radius 2 is 1.47 bits per heavy atom.